The van der Waals surface area contributed by atoms with E-state index >= 15 is 0 Å². The average molecular weight is 430 g/mol. The van der Waals surface area contributed by atoms with Crippen LogP contribution in [0.25, 0.3) is 11.1 Å². The van der Waals surface area contributed by atoms with E-state index in [-0.39, 0.29) is 36.7 Å². The Morgan fingerprint density at radius 1 is 1.06 bits per heavy atom. The van der Waals surface area contributed by atoms with Gasteiger partial charge in [-0.25, -0.2) is 9.18 Å². The molecule has 0 unspecified atom stereocenters. The van der Waals surface area contributed by atoms with E-state index in [9.17, 15) is 19.3 Å². The second-order valence-corrected chi connectivity index (χ2v) is 7.23. The maximum atomic E-state index is 13.7. The van der Waals surface area contributed by atoms with E-state index in [1.54, 1.807) is 0 Å². The molecule has 0 saturated carbocycles. The minimum absolute atomic E-state index is 0.0233. The third kappa shape index (κ3) is 4.44. The van der Waals surface area contributed by atoms with E-state index in [0.717, 1.165) is 40.5 Å². The van der Waals surface area contributed by atoms with Gasteiger partial charge in [-0.05, 0) is 28.3 Å². The summed E-state index contributed by atoms with van der Waals surface area (Å²) in [5.74, 6) is 4.61. The number of amides is 1. The molecule has 0 bridgehead atoms. The summed E-state index contributed by atoms with van der Waals surface area (Å²) in [6.45, 7) is 0.421. The lowest BCUT2D eigenvalue weighted by molar-refractivity contribution is -0.384. The summed E-state index contributed by atoms with van der Waals surface area (Å²) in [5.41, 5.74) is 4.28. The van der Waals surface area contributed by atoms with Crippen LogP contribution in [0.3, 0.4) is 0 Å². The second-order valence-electron chi connectivity index (χ2n) is 7.23. The Morgan fingerprint density at radius 3 is 2.38 bits per heavy atom. The van der Waals surface area contributed by atoms with Crippen molar-refractivity contribution in [2.75, 3.05) is 13.2 Å². The van der Waals surface area contributed by atoms with E-state index in [1.807, 2.05) is 36.4 Å². The largest absolute Gasteiger partial charge is 0.449 e. The minimum Gasteiger partial charge on any atom is -0.449 e. The van der Waals surface area contributed by atoms with Crippen LogP contribution in [0, 0.1) is 27.8 Å². The standard InChI is InChI=1S/C25H19FN2O4/c26-24-13-12-18(28(30)31)15-17(24)7-5-6-14-27-25(29)32-16-23-21-10-3-1-8-19(21)20-9-2-4-11-22(20)23/h1-4,8-13,15,23H,6,14,16H2,(H,27,29). The summed E-state index contributed by atoms with van der Waals surface area (Å²) in [6.07, 6.45) is -0.318. The number of benzene rings is 3. The van der Waals surface area contributed by atoms with Crippen molar-refractivity contribution in [3.05, 3.63) is 99.4 Å². The normalized spacial score (nSPS) is 11.7. The first kappa shape index (κ1) is 21.1. The first-order valence-corrected chi connectivity index (χ1v) is 10.1. The number of alkyl carbamates (subject to hydrolysis) is 1. The molecule has 1 N–H and O–H groups in total. The Bertz CT molecular complexity index is 1200. The van der Waals surface area contributed by atoms with E-state index in [1.165, 1.54) is 0 Å². The van der Waals surface area contributed by atoms with Crippen LogP contribution in [0.4, 0.5) is 14.9 Å². The van der Waals surface area contributed by atoms with Gasteiger partial charge in [-0.15, -0.1) is 0 Å². The predicted molar refractivity (Wildman–Crippen MR) is 118 cm³/mol. The van der Waals surface area contributed by atoms with Gasteiger partial charge in [0.15, 0.2) is 0 Å². The fourth-order valence-electron chi connectivity index (χ4n) is 3.76. The number of halogens is 1. The van der Waals surface area contributed by atoms with E-state index < -0.39 is 16.8 Å². The topological polar surface area (TPSA) is 81.5 Å². The highest BCUT2D eigenvalue weighted by atomic mass is 19.1. The summed E-state index contributed by atoms with van der Waals surface area (Å²) in [4.78, 5) is 22.3. The van der Waals surface area contributed by atoms with Gasteiger partial charge in [0.2, 0.25) is 0 Å². The number of nitrogens with one attached hydrogen (secondary N) is 1. The molecular formula is C25H19FN2O4. The van der Waals surface area contributed by atoms with Gasteiger partial charge in [0.1, 0.15) is 12.4 Å². The number of carbonyl (C=O) groups excluding carboxylic acids is 1. The van der Waals surface area contributed by atoms with Crippen LogP contribution in [0.1, 0.15) is 29.0 Å². The highest BCUT2D eigenvalue weighted by Gasteiger charge is 2.28. The lowest BCUT2D eigenvalue weighted by Gasteiger charge is -2.14. The highest BCUT2D eigenvalue weighted by molar-refractivity contribution is 5.79. The quantitative estimate of drug-likeness (QED) is 0.267. The van der Waals surface area contributed by atoms with Crippen LogP contribution < -0.4 is 5.32 Å². The molecule has 1 aliphatic rings. The molecule has 0 saturated heterocycles. The van der Waals surface area contributed by atoms with Crippen molar-refractivity contribution in [2.24, 2.45) is 0 Å². The lowest BCUT2D eigenvalue weighted by Crippen LogP contribution is -2.26. The second kappa shape index (κ2) is 9.31. The van der Waals surface area contributed by atoms with Gasteiger partial charge >= 0.3 is 6.09 Å². The molecule has 0 radical (unpaired) electrons. The fraction of sp³-hybridized carbons (Fsp3) is 0.160. The molecule has 1 amide bonds. The predicted octanol–water partition coefficient (Wildman–Crippen LogP) is 5.01. The van der Waals surface area contributed by atoms with Crippen molar-refractivity contribution >= 4 is 11.8 Å². The number of rotatable bonds is 5. The van der Waals surface area contributed by atoms with Gasteiger partial charge in [0.05, 0.1) is 10.5 Å². The first-order valence-electron chi connectivity index (χ1n) is 10.1. The van der Waals surface area contributed by atoms with Crippen molar-refractivity contribution in [3.63, 3.8) is 0 Å². The maximum absolute atomic E-state index is 13.7. The molecule has 32 heavy (non-hydrogen) atoms. The van der Waals surface area contributed by atoms with Crippen molar-refractivity contribution < 1.29 is 18.8 Å². The molecule has 7 heteroatoms. The summed E-state index contributed by atoms with van der Waals surface area (Å²) in [5, 5.41) is 13.4. The Hall–Kier alpha value is -4.18. The monoisotopic (exact) mass is 430 g/mol. The van der Waals surface area contributed by atoms with Crippen molar-refractivity contribution in [3.8, 4) is 23.0 Å². The van der Waals surface area contributed by atoms with Crippen LogP contribution >= 0.6 is 0 Å². The van der Waals surface area contributed by atoms with E-state index in [2.05, 4.69) is 29.3 Å². The van der Waals surface area contributed by atoms with Crippen molar-refractivity contribution in [2.45, 2.75) is 12.3 Å². The third-order valence-corrected chi connectivity index (χ3v) is 5.25. The van der Waals surface area contributed by atoms with Gasteiger partial charge in [0, 0.05) is 31.0 Å². The molecule has 0 aliphatic heterocycles. The number of hydrogen-bond donors (Lipinski definition) is 1. The molecule has 4 rings (SSSR count). The van der Waals surface area contributed by atoms with Gasteiger partial charge < -0.3 is 10.1 Å². The molecule has 0 atom stereocenters. The number of nitro groups is 1. The lowest BCUT2D eigenvalue weighted by atomic mass is 9.98. The van der Waals surface area contributed by atoms with Crippen molar-refractivity contribution in [1.82, 2.24) is 5.32 Å². The van der Waals surface area contributed by atoms with Crippen LogP contribution in [0.5, 0.6) is 0 Å². The minimum atomic E-state index is -0.632. The summed E-state index contributed by atoms with van der Waals surface area (Å²) in [7, 11) is 0. The Balaban J connectivity index is 1.30. The number of ether oxygens (including phenoxy) is 1. The molecular weight excluding hydrogens is 411 g/mol. The zero-order valence-corrected chi connectivity index (χ0v) is 17.0. The van der Waals surface area contributed by atoms with E-state index in [4.69, 9.17) is 4.74 Å². The molecule has 0 aromatic heterocycles. The molecule has 0 fully saturated rings. The van der Waals surface area contributed by atoms with Crippen LogP contribution in [0.2, 0.25) is 0 Å². The zero-order valence-electron chi connectivity index (χ0n) is 17.0. The van der Waals surface area contributed by atoms with Crippen molar-refractivity contribution in [1.29, 1.82) is 0 Å². The Morgan fingerprint density at radius 2 is 1.72 bits per heavy atom. The molecule has 1 aliphatic carbocycles. The van der Waals surface area contributed by atoms with Crippen LogP contribution in [-0.2, 0) is 4.74 Å². The summed E-state index contributed by atoms with van der Waals surface area (Å²) >= 11 is 0. The number of fused-ring (bicyclic) bond motifs is 3. The fourth-order valence-corrected chi connectivity index (χ4v) is 3.76. The van der Waals surface area contributed by atoms with Crippen LogP contribution in [0.15, 0.2) is 66.7 Å². The SMILES string of the molecule is O=C(NCCC#Cc1cc([N+](=O)[O-])ccc1F)OCC1c2ccccc2-c2ccccc21. The Labute approximate surface area is 184 Å². The smallest absolute Gasteiger partial charge is 0.407 e. The van der Waals surface area contributed by atoms with Gasteiger partial charge in [-0.2, -0.15) is 0 Å². The molecule has 0 heterocycles. The molecule has 3 aromatic carbocycles. The third-order valence-electron chi connectivity index (χ3n) is 5.25. The van der Waals surface area contributed by atoms with Gasteiger partial charge in [-0.3, -0.25) is 10.1 Å². The zero-order chi connectivity index (χ0) is 22.5. The van der Waals surface area contributed by atoms with Gasteiger partial charge in [0.25, 0.3) is 5.69 Å². The molecule has 6 nitrogen and oxygen atoms in total. The molecule has 3 aromatic rings. The summed E-state index contributed by atoms with van der Waals surface area (Å²) in [6, 6.07) is 19.3. The number of hydrogen-bond acceptors (Lipinski definition) is 4. The number of nitro benzene ring substituents is 1. The highest BCUT2D eigenvalue weighted by Crippen LogP contribution is 2.44. The molecule has 0 spiro atoms. The summed E-state index contributed by atoms with van der Waals surface area (Å²) < 4.78 is 19.1. The number of nitrogens with zero attached hydrogens (tertiary/aromatic N) is 1. The van der Waals surface area contributed by atoms with E-state index in [0.29, 0.717) is 0 Å². The average Bonchev–Trinajstić information content (AvgIpc) is 3.12. The molecule has 160 valence electrons. The van der Waals surface area contributed by atoms with Gasteiger partial charge in [-0.1, -0.05) is 60.4 Å². The maximum Gasteiger partial charge on any atom is 0.407 e. The first-order chi connectivity index (χ1) is 15.5. The van der Waals surface area contributed by atoms with Crippen LogP contribution in [-0.4, -0.2) is 24.2 Å². The number of carbonyl (C=O) groups is 1. The number of non-ortho nitro benzene ring substituents is 1. The Kier molecular flexibility index (Phi) is 6.13.